The summed E-state index contributed by atoms with van der Waals surface area (Å²) in [5.41, 5.74) is -0.438. The van der Waals surface area contributed by atoms with E-state index in [-0.39, 0.29) is 17.6 Å². The lowest BCUT2D eigenvalue weighted by Crippen LogP contribution is -2.98. The molecule has 3 rings (SSSR count). The van der Waals surface area contributed by atoms with Crippen molar-refractivity contribution in [2.24, 2.45) is 11.8 Å². The second kappa shape index (κ2) is 7.00. The first-order valence-electron chi connectivity index (χ1n) is 8.37. The van der Waals surface area contributed by atoms with E-state index < -0.39 is 29.4 Å². The fourth-order valence-electron chi connectivity index (χ4n) is 4.25. The van der Waals surface area contributed by atoms with Gasteiger partial charge in [0, 0.05) is 19.0 Å². The van der Waals surface area contributed by atoms with E-state index >= 15 is 0 Å². The third-order valence-corrected chi connectivity index (χ3v) is 6.14. The fraction of sp³-hybridized carbons (Fsp3) is 0.500. The van der Waals surface area contributed by atoms with Gasteiger partial charge in [0.05, 0.1) is 7.11 Å². The molecule has 0 bridgehead atoms. The summed E-state index contributed by atoms with van der Waals surface area (Å²) in [5, 5.41) is 1.79. The molecule has 2 fully saturated rings. The Labute approximate surface area is 155 Å². The van der Waals surface area contributed by atoms with E-state index in [4.69, 9.17) is 4.74 Å². The van der Waals surface area contributed by atoms with E-state index in [9.17, 15) is 18.8 Å². The van der Waals surface area contributed by atoms with Gasteiger partial charge in [-0.25, -0.2) is 9.18 Å². The van der Waals surface area contributed by atoms with E-state index in [1.54, 1.807) is 29.2 Å². The molecule has 0 spiro atoms. The second-order valence-corrected chi connectivity index (χ2v) is 7.74. The van der Waals surface area contributed by atoms with E-state index in [0.717, 1.165) is 4.90 Å². The van der Waals surface area contributed by atoms with Crippen molar-refractivity contribution in [3.8, 4) is 0 Å². The standard InChI is InChI=1S/C18H21FN2O4S/c1-21-15(22)12-13(16(21)23)18(8-9-26-3,17(24)25-2)20-14(12)10-4-6-11(19)7-5-10/h4-7,12-14,20H,8-9H2,1-3H3/p+1/t12-,13-,14-,18+/m0/s1. The monoisotopic (exact) mass is 381 g/mol. The highest BCUT2D eigenvalue weighted by Crippen LogP contribution is 2.45. The van der Waals surface area contributed by atoms with Gasteiger partial charge in [0.1, 0.15) is 23.7 Å². The number of imide groups is 1. The third kappa shape index (κ3) is 2.72. The molecular formula is C18H22FN2O4S+. The van der Waals surface area contributed by atoms with Crippen molar-refractivity contribution >= 4 is 29.5 Å². The van der Waals surface area contributed by atoms with Gasteiger partial charge in [0.15, 0.2) is 0 Å². The lowest BCUT2D eigenvalue weighted by Gasteiger charge is -2.28. The molecule has 2 saturated heterocycles. The minimum absolute atomic E-state index is 0.305. The van der Waals surface area contributed by atoms with Crippen molar-refractivity contribution in [3.05, 3.63) is 35.6 Å². The number of fused-ring (bicyclic) bond motifs is 1. The number of hydrogen-bond donors (Lipinski definition) is 1. The quantitative estimate of drug-likeness (QED) is 0.588. The van der Waals surface area contributed by atoms with Crippen LogP contribution in [0.3, 0.4) is 0 Å². The highest BCUT2D eigenvalue weighted by Gasteiger charge is 2.71. The number of rotatable bonds is 5. The number of quaternary nitrogens is 1. The summed E-state index contributed by atoms with van der Waals surface area (Å²) in [6, 6.07) is 5.41. The molecule has 26 heavy (non-hydrogen) atoms. The van der Waals surface area contributed by atoms with Gasteiger partial charge in [-0.1, -0.05) is 12.1 Å². The highest BCUT2D eigenvalue weighted by molar-refractivity contribution is 7.98. The van der Waals surface area contributed by atoms with Crippen molar-refractivity contribution in [2.45, 2.75) is 18.0 Å². The minimum atomic E-state index is -1.15. The molecule has 1 aromatic carbocycles. The first kappa shape index (κ1) is 18.8. The Kier molecular flexibility index (Phi) is 5.07. The summed E-state index contributed by atoms with van der Waals surface area (Å²) in [4.78, 5) is 39.5. The van der Waals surface area contributed by atoms with Crippen molar-refractivity contribution in [1.29, 1.82) is 0 Å². The zero-order valence-corrected chi connectivity index (χ0v) is 15.7. The number of carbonyl (C=O) groups is 3. The Balaban J connectivity index is 2.11. The number of carbonyl (C=O) groups excluding carboxylic acids is 3. The van der Waals surface area contributed by atoms with Crippen molar-refractivity contribution in [1.82, 2.24) is 4.90 Å². The summed E-state index contributed by atoms with van der Waals surface area (Å²) < 4.78 is 18.4. The second-order valence-electron chi connectivity index (χ2n) is 6.76. The molecule has 140 valence electrons. The number of nitrogens with zero attached hydrogens (tertiary/aromatic N) is 1. The lowest BCUT2D eigenvalue weighted by atomic mass is 9.78. The average molecular weight is 381 g/mol. The number of likely N-dealkylation sites (tertiary alicyclic amines) is 1. The van der Waals surface area contributed by atoms with E-state index in [1.807, 2.05) is 6.26 Å². The molecule has 2 N–H and O–H groups in total. The van der Waals surface area contributed by atoms with Crippen molar-refractivity contribution in [2.75, 3.05) is 26.2 Å². The third-order valence-electron chi connectivity index (χ3n) is 5.53. The molecule has 0 unspecified atom stereocenters. The van der Waals surface area contributed by atoms with Crippen LogP contribution in [0.15, 0.2) is 24.3 Å². The number of esters is 1. The zero-order chi connectivity index (χ0) is 19.1. The lowest BCUT2D eigenvalue weighted by molar-refractivity contribution is -0.734. The Hall–Kier alpha value is -1.93. The predicted octanol–water partition coefficient (Wildman–Crippen LogP) is 0.340. The molecule has 2 aliphatic rings. The van der Waals surface area contributed by atoms with Crippen LogP contribution in [0.5, 0.6) is 0 Å². The summed E-state index contributed by atoms with van der Waals surface area (Å²) in [6.45, 7) is 0. The van der Waals surface area contributed by atoms with Gasteiger partial charge in [-0.3, -0.25) is 14.5 Å². The topological polar surface area (TPSA) is 80.3 Å². The summed E-state index contributed by atoms with van der Waals surface area (Å²) in [5.74, 6) is -2.34. The van der Waals surface area contributed by atoms with E-state index in [2.05, 4.69) is 0 Å². The van der Waals surface area contributed by atoms with E-state index in [0.29, 0.717) is 17.7 Å². The molecule has 1 aromatic rings. The molecule has 2 amide bonds. The molecule has 0 aliphatic carbocycles. The van der Waals surface area contributed by atoms with Crippen LogP contribution < -0.4 is 5.32 Å². The van der Waals surface area contributed by atoms with Crippen LogP contribution in [-0.4, -0.2) is 54.4 Å². The molecule has 0 aromatic heterocycles. The van der Waals surface area contributed by atoms with Crippen molar-refractivity contribution in [3.63, 3.8) is 0 Å². The smallest absolute Gasteiger partial charge is 0.368 e. The van der Waals surface area contributed by atoms with Gasteiger partial charge in [-0.05, 0) is 24.1 Å². The first-order chi connectivity index (χ1) is 12.4. The van der Waals surface area contributed by atoms with Crippen LogP contribution in [-0.2, 0) is 19.1 Å². The molecule has 0 saturated carbocycles. The largest absolute Gasteiger partial charge is 0.464 e. The molecule has 6 nitrogen and oxygen atoms in total. The predicted molar refractivity (Wildman–Crippen MR) is 93.6 cm³/mol. The number of benzene rings is 1. The number of methoxy groups -OCH3 is 1. The fourth-order valence-corrected chi connectivity index (χ4v) is 4.79. The highest BCUT2D eigenvalue weighted by atomic mass is 32.2. The van der Waals surface area contributed by atoms with Gasteiger partial charge in [-0.15, -0.1) is 0 Å². The maximum absolute atomic E-state index is 13.3. The maximum atomic E-state index is 13.3. The van der Waals surface area contributed by atoms with Crippen LogP contribution in [0.4, 0.5) is 4.39 Å². The number of amides is 2. The van der Waals surface area contributed by atoms with Gasteiger partial charge in [-0.2, -0.15) is 11.8 Å². The molecule has 0 radical (unpaired) electrons. The van der Waals surface area contributed by atoms with Crippen molar-refractivity contribution < 1.29 is 28.8 Å². The Morgan fingerprint density at radius 1 is 1.31 bits per heavy atom. The SMILES string of the molecule is COC(=O)[C@]1(CCSC)[NH2+][C@@H](c2ccc(F)cc2)[C@H]2C(=O)N(C)C(=O)[C@H]21. The van der Waals surface area contributed by atoms with Crippen LogP contribution >= 0.6 is 11.8 Å². The van der Waals surface area contributed by atoms with Crippen LogP contribution in [0.25, 0.3) is 0 Å². The van der Waals surface area contributed by atoms with E-state index in [1.165, 1.54) is 26.3 Å². The zero-order valence-electron chi connectivity index (χ0n) is 14.9. The molecule has 2 aliphatic heterocycles. The van der Waals surface area contributed by atoms with Gasteiger partial charge >= 0.3 is 5.97 Å². The number of halogens is 1. The normalized spacial score (nSPS) is 30.6. The molecular weight excluding hydrogens is 359 g/mol. The van der Waals surface area contributed by atoms with Crippen LogP contribution in [0, 0.1) is 17.7 Å². The number of nitrogens with two attached hydrogens (primary N) is 1. The van der Waals surface area contributed by atoms with Gasteiger partial charge in [0.25, 0.3) is 0 Å². The first-order valence-corrected chi connectivity index (χ1v) is 9.77. The molecule has 8 heteroatoms. The summed E-state index contributed by atoms with van der Waals surface area (Å²) in [7, 11) is 2.74. The van der Waals surface area contributed by atoms with Crippen LogP contribution in [0.2, 0.25) is 0 Å². The summed E-state index contributed by atoms with van der Waals surface area (Å²) in [6.07, 6.45) is 2.33. The average Bonchev–Trinajstić information content (AvgIpc) is 3.10. The van der Waals surface area contributed by atoms with Gasteiger partial charge < -0.3 is 10.1 Å². The minimum Gasteiger partial charge on any atom is -0.464 e. The Morgan fingerprint density at radius 3 is 2.54 bits per heavy atom. The molecule has 4 atom stereocenters. The number of thioether (sulfide) groups is 1. The summed E-state index contributed by atoms with van der Waals surface area (Å²) >= 11 is 1.56. The van der Waals surface area contributed by atoms with Crippen LogP contribution in [0.1, 0.15) is 18.0 Å². The molecule has 2 heterocycles. The number of ether oxygens (including phenoxy) is 1. The number of hydrogen-bond acceptors (Lipinski definition) is 5. The maximum Gasteiger partial charge on any atom is 0.368 e. The Morgan fingerprint density at radius 2 is 1.96 bits per heavy atom. The van der Waals surface area contributed by atoms with Gasteiger partial charge in [0.2, 0.25) is 17.4 Å². The Bertz CT molecular complexity index is 741.